The zero-order valence-corrected chi connectivity index (χ0v) is 15.0. The maximum atomic E-state index is 12.6. The molecule has 3 rings (SSSR count). The van der Waals surface area contributed by atoms with Gasteiger partial charge in [-0.05, 0) is 42.7 Å². The lowest BCUT2D eigenvalue weighted by Crippen LogP contribution is -2.45. The lowest BCUT2D eigenvalue weighted by molar-refractivity contribution is 0.0692. The van der Waals surface area contributed by atoms with E-state index in [-0.39, 0.29) is 22.4 Å². The minimum Gasteiger partial charge on any atom is -0.478 e. The summed E-state index contributed by atoms with van der Waals surface area (Å²) in [6.45, 7) is 0.227. The van der Waals surface area contributed by atoms with E-state index in [0.717, 1.165) is 24.8 Å². The van der Waals surface area contributed by atoms with E-state index in [1.807, 2.05) is 12.1 Å². The van der Waals surface area contributed by atoms with Gasteiger partial charge in [0.05, 0.1) is 10.5 Å². The van der Waals surface area contributed by atoms with Crippen LogP contribution < -0.4 is 4.72 Å². The molecule has 25 heavy (non-hydrogen) atoms. The largest absolute Gasteiger partial charge is 0.478 e. The number of carboxylic acid groups (broad SMARTS) is 1. The molecule has 0 aromatic heterocycles. The van der Waals surface area contributed by atoms with Gasteiger partial charge in [0.2, 0.25) is 10.0 Å². The van der Waals surface area contributed by atoms with Crippen molar-refractivity contribution in [2.75, 3.05) is 6.54 Å². The number of rotatable bonds is 6. The monoisotopic (exact) mass is 379 g/mol. The lowest BCUT2D eigenvalue weighted by atomic mass is 9.64. The summed E-state index contributed by atoms with van der Waals surface area (Å²) in [4.78, 5) is 11.1. The Hall–Kier alpha value is -1.89. The van der Waals surface area contributed by atoms with E-state index < -0.39 is 16.0 Å². The first-order valence-corrected chi connectivity index (χ1v) is 9.78. The highest BCUT2D eigenvalue weighted by molar-refractivity contribution is 7.89. The predicted molar refractivity (Wildman–Crippen MR) is 95.6 cm³/mol. The molecule has 0 spiro atoms. The summed E-state index contributed by atoms with van der Waals surface area (Å²) in [5.74, 6) is -1.27. The second-order valence-corrected chi connectivity index (χ2v) is 8.44. The van der Waals surface area contributed by atoms with Crippen molar-refractivity contribution in [3.63, 3.8) is 0 Å². The summed E-state index contributed by atoms with van der Waals surface area (Å²) >= 11 is 5.93. The minimum atomic E-state index is -3.92. The van der Waals surface area contributed by atoms with Crippen molar-refractivity contribution in [3.8, 4) is 0 Å². The van der Waals surface area contributed by atoms with Gasteiger partial charge in [0.25, 0.3) is 0 Å². The zero-order valence-electron chi connectivity index (χ0n) is 13.4. The molecular weight excluding hydrogens is 362 g/mol. The van der Waals surface area contributed by atoms with Crippen molar-refractivity contribution in [3.05, 3.63) is 64.7 Å². The SMILES string of the molecule is O=C(O)c1ccccc1S(=O)(=O)NCC1(c2ccc(Cl)cc2)CCC1. The number of nitrogens with one attached hydrogen (secondary N) is 1. The van der Waals surface area contributed by atoms with Crippen molar-refractivity contribution in [2.45, 2.75) is 29.6 Å². The molecular formula is C18H18ClNO4S. The number of benzene rings is 2. The first kappa shape index (κ1) is 17.9. The van der Waals surface area contributed by atoms with Crippen LogP contribution in [-0.4, -0.2) is 26.0 Å². The van der Waals surface area contributed by atoms with Crippen LogP contribution in [0.1, 0.15) is 35.2 Å². The number of aromatic carboxylic acids is 1. The second-order valence-electron chi connectivity index (χ2n) is 6.27. The molecule has 0 amide bonds. The van der Waals surface area contributed by atoms with Crippen LogP contribution in [-0.2, 0) is 15.4 Å². The fourth-order valence-electron chi connectivity index (χ4n) is 3.16. The van der Waals surface area contributed by atoms with Gasteiger partial charge in [0.15, 0.2) is 0 Å². The summed E-state index contributed by atoms with van der Waals surface area (Å²) in [6, 6.07) is 13.0. The fraction of sp³-hybridized carbons (Fsp3) is 0.278. The Labute approximate surface area is 151 Å². The molecule has 0 atom stereocenters. The Morgan fingerprint density at radius 1 is 1.12 bits per heavy atom. The van der Waals surface area contributed by atoms with E-state index in [0.29, 0.717) is 5.02 Å². The van der Waals surface area contributed by atoms with Gasteiger partial charge in [-0.3, -0.25) is 0 Å². The lowest BCUT2D eigenvalue weighted by Gasteiger charge is -2.42. The average molecular weight is 380 g/mol. The predicted octanol–water partition coefficient (Wildman–Crippen LogP) is 3.44. The third-order valence-electron chi connectivity index (χ3n) is 4.77. The van der Waals surface area contributed by atoms with E-state index in [1.165, 1.54) is 24.3 Å². The molecule has 2 aromatic rings. The third-order valence-corrected chi connectivity index (χ3v) is 6.49. The number of hydrogen-bond donors (Lipinski definition) is 2. The molecule has 0 bridgehead atoms. The van der Waals surface area contributed by atoms with Gasteiger partial charge in [-0.1, -0.05) is 42.3 Å². The van der Waals surface area contributed by atoms with Crippen LogP contribution in [0.4, 0.5) is 0 Å². The zero-order chi connectivity index (χ0) is 18.1. The fourth-order valence-corrected chi connectivity index (χ4v) is 4.61. The molecule has 1 aliphatic carbocycles. The Bertz CT molecular complexity index is 890. The maximum absolute atomic E-state index is 12.6. The van der Waals surface area contributed by atoms with Gasteiger partial charge in [-0.25, -0.2) is 17.9 Å². The Morgan fingerprint density at radius 3 is 2.32 bits per heavy atom. The van der Waals surface area contributed by atoms with E-state index in [4.69, 9.17) is 11.6 Å². The first-order valence-electron chi connectivity index (χ1n) is 7.92. The second kappa shape index (κ2) is 6.78. The summed E-state index contributed by atoms with van der Waals surface area (Å²) in [5, 5.41) is 9.85. The third kappa shape index (κ3) is 3.56. The minimum absolute atomic E-state index is 0.215. The van der Waals surface area contributed by atoms with E-state index in [1.54, 1.807) is 12.1 Å². The number of sulfonamides is 1. The van der Waals surface area contributed by atoms with Crippen LogP contribution in [0.25, 0.3) is 0 Å². The highest BCUT2D eigenvalue weighted by atomic mass is 35.5. The van der Waals surface area contributed by atoms with Crippen LogP contribution in [0.15, 0.2) is 53.4 Å². The smallest absolute Gasteiger partial charge is 0.337 e. The Balaban J connectivity index is 1.84. The van der Waals surface area contributed by atoms with Gasteiger partial charge in [-0.15, -0.1) is 0 Å². The van der Waals surface area contributed by atoms with Crippen molar-refractivity contribution in [1.29, 1.82) is 0 Å². The number of carboxylic acids is 1. The van der Waals surface area contributed by atoms with Crippen LogP contribution in [0.2, 0.25) is 5.02 Å². The van der Waals surface area contributed by atoms with E-state index in [2.05, 4.69) is 4.72 Å². The van der Waals surface area contributed by atoms with Gasteiger partial charge < -0.3 is 5.11 Å². The molecule has 7 heteroatoms. The summed E-state index contributed by atoms with van der Waals surface area (Å²) in [5.41, 5.74) is 0.539. The number of hydrogen-bond acceptors (Lipinski definition) is 3. The van der Waals surface area contributed by atoms with Gasteiger partial charge in [-0.2, -0.15) is 0 Å². The molecule has 1 aliphatic rings. The summed E-state index contributed by atoms with van der Waals surface area (Å²) in [7, 11) is -3.92. The van der Waals surface area contributed by atoms with Crippen molar-refractivity contribution in [2.24, 2.45) is 0 Å². The number of carbonyl (C=O) groups is 1. The molecule has 2 aromatic carbocycles. The van der Waals surface area contributed by atoms with Crippen molar-refractivity contribution < 1.29 is 18.3 Å². The molecule has 2 N–H and O–H groups in total. The topological polar surface area (TPSA) is 83.5 Å². The standard InChI is InChI=1S/C18H18ClNO4S/c19-14-8-6-13(7-9-14)18(10-3-11-18)12-20-25(23,24)16-5-2-1-4-15(16)17(21)22/h1-2,4-9,20H,3,10-12H2,(H,21,22). The first-order chi connectivity index (χ1) is 11.8. The van der Waals surface area contributed by atoms with Crippen LogP contribution in [0.5, 0.6) is 0 Å². The highest BCUT2D eigenvalue weighted by Crippen LogP contribution is 2.43. The molecule has 5 nitrogen and oxygen atoms in total. The summed E-state index contributed by atoms with van der Waals surface area (Å²) in [6.07, 6.45) is 2.77. The molecule has 1 fully saturated rings. The van der Waals surface area contributed by atoms with E-state index >= 15 is 0 Å². The number of halogens is 1. The molecule has 0 heterocycles. The highest BCUT2D eigenvalue weighted by Gasteiger charge is 2.39. The van der Waals surface area contributed by atoms with Gasteiger partial charge in [0.1, 0.15) is 0 Å². The molecule has 0 aliphatic heterocycles. The van der Waals surface area contributed by atoms with Crippen molar-refractivity contribution >= 4 is 27.6 Å². The van der Waals surface area contributed by atoms with Crippen LogP contribution in [0.3, 0.4) is 0 Å². The molecule has 0 radical (unpaired) electrons. The molecule has 0 saturated heterocycles. The average Bonchev–Trinajstić information content (AvgIpc) is 2.55. The van der Waals surface area contributed by atoms with Crippen LogP contribution >= 0.6 is 11.6 Å². The summed E-state index contributed by atoms with van der Waals surface area (Å²) < 4.78 is 27.9. The van der Waals surface area contributed by atoms with Gasteiger partial charge in [0, 0.05) is 17.0 Å². The molecule has 1 saturated carbocycles. The molecule has 132 valence electrons. The van der Waals surface area contributed by atoms with E-state index in [9.17, 15) is 18.3 Å². The Morgan fingerprint density at radius 2 is 1.76 bits per heavy atom. The normalized spacial score (nSPS) is 16.2. The quantitative estimate of drug-likeness (QED) is 0.805. The Kier molecular flexibility index (Phi) is 4.86. The van der Waals surface area contributed by atoms with Gasteiger partial charge >= 0.3 is 5.97 Å². The molecule has 0 unspecified atom stereocenters. The maximum Gasteiger partial charge on any atom is 0.337 e. The van der Waals surface area contributed by atoms with Crippen LogP contribution in [0, 0.1) is 0 Å². The van der Waals surface area contributed by atoms with Crippen molar-refractivity contribution in [1.82, 2.24) is 4.72 Å².